The monoisotopic (exact) mass is 342 g/mol. The lowest BCUT2D eigenvalue weighted by molar-refractivity contribution is 0.0863. The predicted octanol–water partition coefficient (Wildman–Crippen LogP) is 2.46. The molecule has 2 bridgehead atoms. The van der Waals surface area contributed by atoms with E-state index in [-0.39, 0.29) is 30.5 Å². The summed E-state index contributed by atoms with van der Waals surface area (Å²) in [5, 5.41) is 18.2. The van der Waals surface area contributed by atoms with Gasteiger partial charge in [0.2, 0.25) is 0 Å². The Bertz CT molecular complexity index is 813. The Kier molecular flexibility index (Phi) is 4.02. The van der Waals surface area contributed by atoms with Crippen LogP contribution >= 0.6 is 0 Å². The zero-order valence-electron chi connectivity index (χ0n) is 15.1. The molecule has 0 radical (unpaired) electrons. The average Bonchev–Trinajstić information content (AvgIpc) is 3.27. The quantitative estimate of drug-likeness (QED) is 0.894. The van der Waals surface area contributed by atoms with Crippen molar-refractivity contribution in [2.24, 2.45) is 17.8 Å². The van der Waals surface area contributed by atoms with Crippen molar-refractivity contribution in [3.8, 4) is 0 Å². The predicted molar refractivity (Wildman–Crippen MR) is 95.3 cm³/mol. The SMILES string of the molecule is Cc1cc(C(=O)NC2C3CCC(C3)C2CO)c2cnn(C(C)C)c2n1. The van der Waals surface area contributed by atoms with Crippen molar-refractivity contribution in [2.75, 3.05) is 6.61 Å². The highest BCUT2D eigenvalue weighted by Gasteiger charge is 2.47. The molecule has 2 aliphatic carbocycles. The topological polar surface area (TPSA) is 80.0 Å². The summed E-state index contributed by atoms with van der Waals surface area (Å²) in [7, 11) is 0. The van der Waals surface area contributed by atoms with E-state index in [9.17, 15) is 9.90 Å². The van der Waals surface area contributed by atoms with Crippen LogP contribution in [0.3, 0.4) is 0 Å². The number of carbonyl (C=O) groups is 1. The second kappa shape index (κ2) is 6.09. The third-order valence-corrected chi connectivity index (χ3v) is 6.03. The van der Waals surface area contributed by atoms with Crippen LogP contribution < -0.4 is 5.32 Å². The van der Waals surface area contributed by atoms with Crippen LogP contribution in [0.1, 0.15) is 55.2 Å². The smallest absolute Gasteiger partial charge is 0.252 e. The van der Waals surface area contributed by atoms with Gasteiger partial charge in [0.25, 0.3) is 5.91 Å². The molecule has 0 saturated heterocycles. The Morgan fingerprint density at radius 1 is 1.40 bits per heavy atom. The molecule has 25 heavy (non-hydrogen) atoms. The molecule has 0 aromatic carbocycles. The van der Waals surface area contributed by atoms with Gasteiger partial charge in [-0.3, -0.25) is 4.79 Å². The normalized spacial score (nSPS) is 28.2. The highest BCUT2D eigenvalue weighted by atomic mass is 16.3. The van der Waals surface area contributed by atoms with Crippen LogP contribution in [0.25, 0.3) is 11.0 Å². The van der Waals surface area contributed by atoms with Gasteiger partial charge in [-0.25, -0.2) is 9.67 Å². The summed E-state index contributed by atoms with van der Waals surface area (Å²) in [6, 6.07) is 2.11. The van der Waals surface area contributed by atoms with Gasteiger partial charge in [0.1, 0.15) is 0 Å². The fraction of sp³-hybridized carbons (Fsp3) is 0.632. The number of carbonyl (C=O) groups excluding carboxylic acids is 1. The molecule has 2 N–H and O–H groups in total. The van der Waals surface area contributed by atoms with Gasteiger partial charge in [0, 0.05) is 30.3 Å². The highest BCUT2D eigenvalue weighted by Crippen LogP contribution is 2.48. The molecule has 2 saturated carbocycles. The fourth-order valence-electron chi connectivity index (χ4n) is 4.84. The third kappa shape index (κ3) is 2.63. The Hall–Kier alpha value is -1.95. The number of rotatable bonds is 4. The van der Waals surface area contributed by atoms with Gasteiger partial charge >= 0.3 is 0 Å². The molecule has 4 unspecified atom stereocenters. The van der Waals surface area contributed by atoms with Gasteiger partial charge in [-0.15, -0.1) is 0 Å². The first-order valence-corrected chi connectivity index (χ1v) is 9.26. The van der Waals surface area contributed by atoms with Gasteiger partial charge in [0.15, 0.2) is 5.65 Å². The molecule has 2 aliphatic rings. The maximum atomic E-state index is 13.0. The van der Waals surface area contributed by atoms with Crippen LogP contribution in [-0.2, 0) is 0 Å². The van der Waals surface area contributed by atoms with Crippen LogP contribution in [0.4, 0.5) is 0 Å². The van der Waals surface area contributed by atoms with Crippen LogP contribution in [-0.4, -0.2) is 38.4 Å². The number of fused-ring (bicyclic) bond motifs is 3. The lowest BCUT2D eigenvalue weighted by Gasteiger charge is -2.30. The van der Waals surface area contributed by atoms with Gasteiger partial charge in [-0.1, -0.05) is 0 Å². The highest BCUT2D eigenvalue weighted by molar-refractivity contribution is 6.05. The van der Waals surface area contributed by atoms with Crippen LogP contribution in [0.2, 0.25) is 0 Å². The van der Waals surface area contributed by atoms with E-state index in [0.29, 0.717) is 17.4 Å². The maximum Gasteiger partial charge on any atom is 0.252 e. The molecule has 4 atom stereocenters. The van der Waals surface area contributed by atoms with E-state index < -0.39 is 0 Å². The van der Waals surface area contributed by atoms with Gasteiger partial charge < -0.3 is 10.4 Å². The first-order chi connectivity index (χ1) is 12.0. The minimum atomic E-state index is -0.0743. The second-order valence-corrected chi connectivity index (χ2v) is 7.91. The molecule has 2 fully saturated rings. The number of nitrogens with zero attached hydrogens (tertiary/aromatic N) is 3. The summed E-state index contributed by atoms with van der Waals surface area (Å²) in [6.45, 7) is 6.17. The number of aliphatic hydroxyl groups is 1. The summed E-state index contributed by atoms with van der Waals surface area (Å²) in [5.41, 5.74) is 2.20. The fourth-order valence-corrected chi connectivity index (χ4v) is 4.84. The maximum absolute atomic E-state index is 13.0. The molecule has 6 nitrogen and oxygen atoms in total. The molecule has 6 heteroatoms. The summed E-state index contributed by atoms with van der Waals surface area (Å²) in [5.74, 6) is 1.18. The van der Waals surface area contributed by atoms with Crippen LogP contribution in [0, 0.1) is 24.7 Å². The minimum absolute atomic E-state index is 0.0743. The van der Waals surface area contributed by atoms with E-state index >= 15 is 0 Å². The Labute approximate surface area is 147 Å². The second-order valence-electron chi connectivity index (χ2n) is 7.91. The minimum Gasteiger partial charge on any atom is -0.396 e. The number of aromatic nitrogens is 3. The van der Waals surface area contributed by atoms with Crippen molar-refractivity contribution in [2.45, 2.75) is 52.1 Å². The van der Waals surface area contributed by atoms with E-state index in [1.165, 1.54) is 6.42 Å². The zero-order valence-corrected chi connectivity index (χ0v) is 15.1. The van der Waals surface area contributed by atoms with E-state index in [1.54, 1.807) is 6.20 Å². The number of hydrogen-bond acceptors (Lipinski definition) is 4. The summed E-state index contributed by atoms with van der Waals surface area (Å²) in [6.07, 6.45) is 5.21. The van der Waals surface area contributed by atoms with Gasteiger partial charge in [0.05, 0.1) is 17.1 Å². The zero-order chi connectivity index (χ0) is 17.7. The molecule has 2 heterocycles. The Morgan fingerprint density at radius 3 is 2.88 bits per heavy atom. The molecule has 0 spiro atoms. The van der Waals surface area contributed by atoms with Gasteiger partial charge in [-0.05, 0) is 57.9 Å². The summed E-state index contributed by atoms with van der Waals surface area (Å²) in [4.78, 5) is 17.6. The van der Waals surface area contributed by atoms with E-state index in [2.05, 4.69) is 29.2 Å². The van der Waals surface area contributed by atoms with E-state index in [0.717, 1.165) is 29.6 Å². The largest absolute Gasteiger partial charge is 0.396 e. The molecular weight excluding hydrogens is 316 g/mol. The molecule has 134 valence electrons. The summed E-state index contributed by atoms with van der Waals surface area (Å²) < 4.78 is 1.85. The molecule has 1 amide bonds. The average molecular weight is 342 g/mol. The molecule has 0 aliphatic heterocycles. The van der Waals surface area contributed by atoms with Crippen molar-refractivity contribution in [1.29, 1.82) is 0 Å². The molecular formula is C19H26N4O2. The van der Waals surface area contributed by atoms with E-state index in [4.69, 9.17) is 0 Å². The lowest BCUT2D eigenvalue weighted by Crippen LogP contribution is -2.45. The van der Waals surface area contributed by atoms with Crippen LogP contribution in [0.15, 0.2) is 12.3 Å². The van der Waals surface area contributed by atoms with Crippen molar-refractivity contribution < 1.29 is 9.90 Å². The number of aliphatic hydroxyl groups excluding tert-OH is 1. The number of aryl methyl sites for hydroxylation is 1. The third-order valence-electron chi connectivity index (χ3n) is 6.03. The summed E-state index contributed by atoms with van der Waals surface area (Å²) >= 11 is 0. The first kappa shape index (κ1) is 16.5. The number of hydrogen-bond donors (Lipinski definition) is 2. The molecule has 2 aromatic heterocycles. The first-order valence-electron chi connectivity index (χ1n) is 9.26. The van der Waals surface area contributed by atoms with Crippen molar-refractivity contribution in [3.05, 3.63) is 23.5 Å². The molecule has 4 rings (SSSR count). The van der Waals surface area contributed by atoms with E-state index in [1.807, 2.05) is 17.7 Å². The Morgan fingerprint density at radius 2 is 2.16 bits per heavy atom. The van der Waals surface area contributed by atoms with Crippen molar-refractivity contribution in [3.63, 3.8) is 0 Å². The number of nitrogens with one attached hydrogen (secondary N) is 1. The number of pyridine rings is 1. The van der Waals surface area contributed by atoms with Crippen molar-refractivity contribution in [1.82, 2.24) is 20.1 Å². The molecule has 2 aromatic rings. The van der Waals surface area contributed by atoms with Crippen molar-refractivity contribution >= 4 is 16.9 Å². The van der Waals surface area contributed by atoms with Crippen LogP contribution in [0.5, 0.6) is 0 Å². The van der Waals surface area contributed by atoms with Gasteiger partial charge in [-0.2, -0.15) is 5.10 Å². The number of amides is 1. The Balaban J connectivity index is 1.66. The standard InChI is InChI=1S/C19H26N4O2/c1-10(2)23-18-15(8-20-23)14(6-11(3)21-18)19(25)22-17-13-5-4-12(7-13)16(17)9-24/h6,8,10,12-13,16-17,24H,4-5,7,9H2,1-3H3,(H,22,25). The lowest BCUT2D eigenvalue weighted by atomic mass is 9.85.